The maximum absolute atomic E-state index is 13.6. The van der Waals surface area contributed by atoms with E-state index in [0.717, 1.165) is 23.7 Å². The lowest BCUT2D eigenvalue weighted by Gasteiger charge is -2.23. The maximum Gasteiger partial charge on any atom is 0.258 e. The quantitative estimate of drug-likeness (QED) is 0.574. The van der Waals surface area contributed by atoms with Gasteiger partial charge < -0.3 is 15.0 Å². The fraction of sp³-hybridized carbons (Fsp3) is 0.308. The summed E-state index contributed by atoms with van der Waals surface area (Å²) in [6, 6.07) is 18.9. The molecule has 0 aromatic heterocycles. The van der Waals surface area contributed by atoms with Crippen LogP contribution in [0.1, 0.15) is 23.7 Å². The van der Waals surface area contributed by atoms with E-state index in [9.17, 15) is 9.59 Å². The molecule has 0 spiro atoms. The Labute approximate surface area is 199 Å². The highest BCUT2D eigenvalue weighted by Crippen LogP contribution is 2.30. The Hall–Kier alpha value is -3.09. The summed E-state index contributed by atoms with van der Waals surface area (Å²) >= 11 is 6.14. The number of nitrogens with one attached hydrogen (secondary N) is 1. The summed E-state index contributed by atoms with van der Waals surface area (Å²) in [7, 11) is 0. The first-order valence-electron chi connectivity index (χ1n) is 11.3. The number of carbonyl (C=O) groups is 2. The predicted molar refractivity (Wildman–Crippen MR) is 132 cm³/mol. The Morgan fingerprint density at radius 1 is 0.970 bits per heavy atom. The van der Waals surface area contributed by atoms with Gasteiger partial charge in [-0.05, 0) is 42.3 Å². The lowest BCUT2D eigenvalue weighted by atomic mass is 10.0. The van der Waals surface area contributed by atoms with E-state index in [0.29, 0.717) is 48.3 Å². The third-order valence-corrected chi connectivity index (χ3v) is 6.12. The van der Waals surface area contributed by atoms with Crippen molar-refractivity contribution in [1.82, 2.24) is 9.80 Å². The number of nitrogens with zero attached hydrogens (tertiary/aromatic N) is 2. The van der Waals surface area contributed by atoms with Crippen molar-refractivity contribution in [2.24, 2.45) is 0 Å². The van der Waals surface area contributed by atoms with E-state index in [-0.39, 0.29) is 18.4 Å². The number of rotatable bonds is 6. The molecule has 172 valence electrons. The van der Waals surface area contributed by atoms with Crippen LogP contribution in [0.5, 0.6) is 5.75 Å². The predicted octanol–water partition coefficient (Wildman–Crippen LogP) is 4.68. The van der Waals surface area contributed by atoms with Crippen molar-refractivity contribution in [3.63, 3.8) is 0 Å². The molecule has 0 atom stereocenters. The first-order valence-corrected chi connectivity index (χ1v) is 11.6. The van der Waals surface area contributed by atoms with Crippen molar-refractivity contribution in [3.05, 3.63) is 71.2 Å². The van der Waals surface area contributed by atoms with Crippen molar-refractivity contribution >= 4 is 39.9 Å². The van der Waals surface area contributed by atoms with Gasteiger partial charge in [0.1, 0.15) is 5.75 Å². The molecule has 3 aromatic rings. The number of hydrogen-bond donors (Lipinski definition) is 1. The Balaban J connectivity index is 1.45. The summed E-state index contributed by atoms with van der Waals surface area (Å²) in [6.45, 7) is 5.22. The van der Waals surface area contributed by atoms with E-state index in [1.807, 2.05) is 60.4 Å². The minimum atomic E-state index is -0.115. The van der Waals surface area contributed by atoms with Crippen LogP contribution in [0, 0.1) is 0 Å². The molecular formula is C26H28ClN3O3. The van der Waals surface area contributed by atoms with Gasteiger partial charge in [-0.15, -0.1) is 0 Å². The largest absolute Gasteiger partial charge is 0.493 e. The summed E-state index contributed by atoms with van der Waals surface area (Å²) in [4.78, 5) is 30.1. The molecule has 7 heteroatoms. The van der Waals surface area contributed by atoms with Crippen LogP contribution in [0.2, 0.25) is 5.02 Å². The lowest BCUT2D eigenvalue weighted by molar-refractivity contribution is -0.117. The van der Waals surface area contributed by atoms with Gasteiger partial charge in [0.05, 0.1) is 29.4 Å². The molecule has 2 amide bonds. The number of anilines is 1. The van der Waals surface area contributed by atoms with Crippen LogP contribution in [-0.2, 0) is 4.79 Å². The SMILES string of the molecule is CCOc1ccc2ccccc2c1C(=O)N1CCCN(CC(=O)Nc2ccccc2Cl)CC1. The molecule has 3 aromatic carbocycles. The molecule has 1 saturated heterocycles. The molecule has 0 radical (unpaired) electrons. The average molecular weight is 466 g/mol. The second-order valence-electron chi connectivity index (χ2n) is 8.04. The van der Waals surface area contributed by atoms with E-state index >= 15 is 0 Å². The maximum atomic E-state index is 13.6. The summed E-state index contributed by atoms with van der Waals surface area (Å²) in [5.74, 6) is 0.467. The van der Waals surface area contributed by atoms with Gasteiger partial charge in [0.2, 0.25) is 5.91 Å². The van der Waals surface area contributed by atoms with E-state index in [1.165, 1.54) is 0 Å². The van der Waals surface area contributed by atoms with Crippen molar-refractivity contribution < 1.29 is 14.3 Å². The molecule has 0 unspecified atom stereocenters. The number of carbonyl (C=O) groups excluding carboxylic acids is 2. The molecule has 1 N–H and O–H groups in total. The topological polar surface area (TPSA) is 61.9 Å². The Morgan fingerprint density at radius 3 is 2.58 bits per heavy atom. The third-order valence-electron chi connectivity index (χ3n) is 5.80. The number of fused-ring (bicyclic) bond motifs is 1. The van der Waals surface area contributed by atoms with Crippen LogP contribution in [-0.4, -0.2) is 60.9 Å². The normalized spacial score (nSPS) is 14.7. The second-order valence-corrected chi connectivity index (χ2v) is 8.45. The number of amides is 2. The van der Waals surface area contributed by atoms with Gasteiger partial charge in [-0.1, -0.05) is 54.1 Å². The van der Waals surface area contributed by atoms with Crippen LogP contribution in [0.3, 0.4) is 0 Å². The number of benzene rings is 3. The van der Waals surface area contributed by atoms with Gasteiger partial charge >= 0.3 is 0 Å². The Kier molecular flexibility index (Phi) is 7.47. The van der Waals surface area contributed by atoms with Gasteiger partial charge in [0, 0.05) is 26.2 Å². The highest BCUT2D eigenvalue weighted by Gasteiger charge is 2.25. The van der Waals surface area contributed by atoms with Gasteiger partial charge in [-0.25, -0.2) is 0 Å². The number of hydrogen-bond acceptors (Lipinski definition) is 4. The number of para-hydroxylation sites is 1. The minimum Gasteiger partial charge on any atom is -0.493 e. The molecule has 6 nitrogen and oxygen atoms in total. The standard InChI is InChI=1S/C26H28ClN3O3/c1-2-33-23-13-12-19-8-3-4-9-20(19)25(23)26(32)30-15-7-14-29(16-17-30)18-24(31)28-22-11-6-5-10-21(22)27/h3-6,8-13H,2,7,14-18H2,1H3,(H,28,31). The van der Waals surface area contributed by atoms with Crippen molar-refractivity contribution in [3.8, 4) is 5.75 Å². The number of halogens is 1. The summed E-state index contributed by atoms with van der Waals surface area (Å²) in [6.07, 6.45) is 0.792. The van der Waals surface area contributed by atoms with Gasteiger partial charge in [-0.3, -0.25) is 14.5 Å². The summed E-state index contributed by atoms with van der Waals surface area (Å²) in [5, 5.41) is 5.29. The number of ether oxygens (including phenoxy) is 1. The van der Waals surface area contributed by atoms with Gasteiger partial charge in [-0.2, -0.15) is 0 Å². The lowest BCUT2D eigenvalue weighted by Crippen LogP contribution is -2.38. The zero-order chi connectivity index (χ0) is 23.2. The van der Waals surface area contributed by atoms with E-state index in [4.69, 9.17) is 16.3 Å². The van der Waals surface area contributed by atoms with Crippen molar-refractivity contribution in [2.75, 3.05) is 44.6 Å². The summed E-state index contributed by atoms with van der Waals surface area (Å²) in [5.41, 5.74) is 1.22. The molecule has 4 rings (SSSR count). The van der Waals surface area contributed by atoms with Crippen LogP contribution in [0.25, 0.3) is 10.8 Å². The van der Waals surface area contributed by atoms with Crippen LogP contribution in [0.4, 0.5) is 5.69 Å². The van der Waals surface area contributed by atoms with Crippen molar-refractivity contribution in [1.29, 1.82) is 0 Å². The summed E-state index contributed by atoms with van der Waals surface area (Å²) < 4.78 is 5.81. The second kappa shape index (κ2) is 10.7. The fourth-order valence-corrected chi connectivity index (χ4v) is 4.38. The zero-order valence-corrected chi connectivity index (χ0v) is 19.5. The molecule has 0 saturated carbocycles. The molecule has 1 fully saturated rings. The molecule has 0 bridgehead atoms. The first-order chi connectivity index (χ1) is 16.1. The smallest absolute Gasteiger partial charge is 0.258 e. The van der Waals surface area contributed by atoms with E-state index < -0.39 is 0 Å². The molecule has 1 aliphatic heterocycles. The first kappa shape index (κ1) is 23.1. The Bertz CT molecular complexity index is 1150. The highest BCUT2D eigenvalue weighted by atomic mass is 35.5. The van der Waals surface area contributed by atoms with E-state index in [1.54, 1.807) is 12.1 Å². The minimum absolute atomic E-state index is 0.0300. The monoisotopic (exact) mass is 465 g/mol. The molecule has 1 heterocycles. The third kappa shape index (κ3) is 5.46. The van der Waals surface area contributed by atoms with Gasteiger partial charge in [0.25, 0.3) is 5.91 Å². The molecular weight excluding hydrogens is 438 g/mol. The van der Waals surface area contributed by atoms with Crippen LogP contribution in [0.15, 0.2) is 60.7 Å². The molecule has 0 aliphatic carbocycles. The molecule has 1 aliphatic rings. The van der Waals surface area contributed by atoms with Crippen LogP contribution >= 0.6 is 11.6 Å². The highest BCUT2D eigenvalue weighted by molar-refractivity contribution is 6.33. The zero-order valence-electron chi connectivity index (χ0n) is 18.7. The van der Waals surface area contributed by atoms with Crippen LogP contribution < -0.4 is 10.1 Å². The fourth-order valence-electron chi connectivity index (χ4n) is 4.19. The van der Waals surface area contributed by atoms with Gasteiger partial charge in [0.15, 0.2) is 0 Å². The van der Waals surface area contributed by atoms with Crippen molar-refractivity contribution in [2.45, 2.75) is 13.3 Å². The van der Waals surface area contributed by atoms with E-state index in [2.05, 4.69) is 10.2 Å². The Morgan fingerprint density at radius 2 is 1.76 bits per heavy atom. The average Bonchev–Trinajstić information content (AvgIpc) is 3.06. The molecule has 33 heavy (non-hydrogen) atoms.